The number of carbonyl (C=O) groups is 1. The lowest BCUT2D eigenvalue weighted by molar-refractivity contribution is 0.0698. The molecule has 1 aromatic carbocycles. The monoisotopic (exact) mass is 297 g/mol. The molecule has 20 heavy (non-hydrogen) atoms. The first-order valence-electron chi connectivity index (χ1n) is 6.45. The van der Waals surface area contributed by atoms with Crippen LogP contribution in [0.25, 0.3) is 0 Å². The molecule has 1 aliphatic rings. The molecule has 2 rings (SSSR count). The predicted molar refractivity (Wildman–Crippen MR) is 76.7 cm³/mol. The first-order valence-corrected chi connectivity index (χ1v) is 8.30. The van der Waals surface area contributed by atoms with Gasteiger partial charge in [-0.2, -0.15) is 4.31 Å². The van der Waals surface area contributed by atoms with E-state index in [1.165, 1.54) is 10.6 Å². The summed E-state index contributed by atoms with van der Waals surface area (Å²) in [5, 5.41) is 0. The van der Waals surface area contributed by atoms with Crippen LogP contribution in [0.1, 0.15) is 15.9 Å². The molecule has 1 aromatic rings. The summed E-state index contributed by atoms with van der Waals surface area (Å²) in [6, 6.07) is 7.18. The smallest absolute Gasteiger partial charge is 0.253 e. The van der Waals surface area contributed by atoms with Gasteiger partial charge >= 0.3 is 0 Å². The second-order valence-corrected chi connectivity index (χ2v) is 6.84. The molecular weight excluding hydrogens is 278 g/mol. The molecule has 110 valence electrons. The first-order chi connectivity index (χ1) is 9.41. The Kier molecular flexibility index (Phi) is 4.42. The van der Waals surface area contributed by atoms with Crippen molar-refractivity contribution >= 4 is 15.9 Å². The van der Waals surface area contributed by atoms with Crippen molar-refractivity contribution in [3.05, 3.63) is 35.4 Å². The maximum atomic E-state index is 12.3. The largest absolute Gasteiger partial charge is 0.336 e. The Morgan fingerprint density at radius 1 is 1.15 bits per heavy atom. The highest BCUT2D eigenvalue weighted by atomic mass is 32.2. The number of hydrogen-bond acceptors (Lipinski definition) is 4. The van der Waals surface area contributed by atoms with Crippen LogP contribution in [0.4, 0.5) is 0 Å². The molecule has 0 atom stereocenters. The minimum atomic E-state index is -3.17. The third kappa shape index (κ3) is 3.36. The molecule has 0 spiro atoms. The van der Waals surface area contributed by atoms with E-state index in [1.807, 2.05) is 12.1 Å². The van der Waals surface area contributed by atoms with Crippen LogP contribution in [-0.4, -0.2) is 56.0 Å². The summed E-state index contributed by atoms with van der Waals surface area (Å²) in [6.07, 6.45) is 1.19. The summed E-state index contributed by atoms with van der Waals surface area (Å²) in [5.41, 5.74) is 7.10. The van der Waals surface area contributed by atoms with Crippen molar-refractivity contribution < 1.29 is 13.2 Å². The van der Waals surface area contributed by atoms with Crippen molar-refractivity contribution in [2.45, 2.75) is 6.54 Å². The van der Waals surface area contributed by atoms with Crippen molar-refractivity contribution in [3.63, 3.8) is 0 Å². The van der Waals surface area contributed by atoms with Gasteiger partial charge in [0.1, 0.15) is 0 Å². The zero-order valence-electron chi connectivity index (χ0n) is 11.4. The van der Waals surface area contributed by atoms with Gasteiger partial charge < -0.3 is 10.6 Å². The predicted octanol–water partition coefficient (Wildman–Crippen LogP) is -0.137. The molecule has 1 heterocycles. The fraction of sp³-hybridized carbons (Fsp3) is 0.462. The summed E-state index contributed by atoms with van der Waals surface area (Å²) in [4.78, 5) is 14.0. The maximum Gasteiger partial charge on any atom is 0.253 e. The van der Waals surface area contributed by atoms with E-state index in [-0.39, 0.29) is 5.91 Å². The lowest BCUT2D eigenvalue weighted by atomic mass is 10.1. The number of nitrogens with two attached hydrogens (primary N) is 1. The normalized spacial score (nSPS) is 17.2. The topological polar surface area (TPSA) is 83.7 Å². The number of amides is 1. The minimum Gasteiger partial charge on any atom is -0.336 e. The maximum absolute atomic E-state index is 12.3. The molecule has 0 bridgehead atoms. The molecule has 7 heteroatoms. The van der Waals surface area contributed by atoms with Gasteiger partial charge in [0.05, 0.1) is 6.26 Å². The fourth-order valence-corrected chi connectivity index (χ4v) is 3.02. The second-order valence-electron chi connectivity index (χ2n) is 4.86. The van der Waals surface area contributed by atoms with E-state index in [0.29, 0.717) is 38.3 Å². The van der Waals surface area contributed by atoms with Crippen molar-refractivity contribution in [2.75, 3.05) is 32.4 Å². The van der Waals surface area contributed by atoms with Crippen LogP contribution < -0.4 is 5.73 Å². The second kappa shape index (κ2) is 5.90. The molecule has 6 nitrogen and oxygen atoms in total. The van der Waals surface area contributed by atoms with Crippen LogP contribution in [0.5, 0.6) is 0 Å². The molecule has 1 amide bonds. The molecular formula is C13H19N3O3S. The van der Waals surface area contributed by atoms with E-state index < -0.39 is 10.0 Å². The molecule has 0 radical (unpaired) electrons. The Bertz CT molecular complexity index is 575. The van der Waals surface area contributed by atoms with Gasteiger partial charge in [-0.1, -0.05) is 12.1 Å². The summed E-state index contributed by atoms with van der Waals surface area (Å²) in [6.45, 7) is 1.99. The van der Waals surface area contributed by atoms with Crippen LogP contribution in [-0.2, 0) is 16.6 Å². The molecule has 0 aromatic heterocycles. The van der Waals surface area contributed by atoms with Gasteiger partial charge in [-0.3, -0.25) is 4.79 Å². The van der Waals surface area contributed by atoms with Gasteiger partial charge in [0, 0.05) is 38.3 Å². The highest BCUT2D eigenvalue weighted by molar-refractivity contribution is 7.88. The van der Waals surface area contributed by atoms with E-state index in [4.69, 9.17) is 5.73 Å². The molecule has 0 aliphatic carbocycles. The van der Waals surface area contributed by atoms with Crippen LogP contribution >= 0.6 is 0 Å². The van der Waals surface area contributed by atoms with E-state index in [0.717, 1.165) is 5.56 Å². The van der Waals surface area contributed by atoms with Gasteiger partial charge in [0.2, 0.25) is 10.0 Å². The van der Waals surface area contributed by atoms with Gasteiger partial charge in [-0.05, 0) is 17.7 Å². The molecule has 1 aliphatic heterocycles. The fourth-order valence-electron chi connectivity index (χ4n) is 2.19. The average molecular weight is 297 g/mol. The first kappa shape index (κ1) is 15.0. The Labute approximate surface area is 119 Å². The summed E-state index contributed by atoms with van der Waals surface area (Å²) >= 11 is 0. The summed E-state index contributed by atoms with van der Waals surface area (Å²) < 4.78 is 24.2. The quantitative estimate of drug-likeness (QED) is 0.842. The van der Waals surface area contributed by atoms with E-state index in [2.05, 4.69) is 0 Å². The van der Waals surface area contributed by atoms with Crippen molar-refractivity contribution in [2.24, 2.45) is 5.73 Å². The SMILES string of the molecule is CS(=O)(=O)N1CCN(C(=O)c2ccc(CN)cc2)CC1. The number of nitrogens with zero attached hydrogens (tertiary/aromatic N) is 2. The Hall–Kier alpha value is -1.44. The van der Waals surface area contributed by atoms with Crippen molar-refractivity contribution in [1.82, 2.24) is 9.21 Å². The van der Waals surface area contributed by atoms with Crippen LogP contribution in [0.3, 0.4) is 0 Å². The number of rotatable bonds is 3. The van der Waals surface area contributed by atoms with Gasteiger partial charge in [0.25, 0.3) is 5.91 Å². The van der Waals surface area contributed by atoms with E-state index in [1.54, 1.807) is 17.0 Å². The van der Waals surface area contributed by atoms with Gasteiger partial charge in [0.15, 0.2) is 0 Å². The van der Waals surface area contributed by atoms with Crippen LogP contribution in [0.15, 0.2) is 24.3 Å². The Balaban J connectivity index is 2.01. The van der Waals surface area contributed by atoms with Crippen LogP contribution in [0, 0.1) is 0 Å². The molecule has 2 N–H and O–H groups in total. The summed E-state index contributed by atoms with van der Waals surface area (Å²) in [5.74, 6) is -0.0678. The van der Waals surface area contributed by atoms with Crippen molar-refractivity contribution in [3.8, 4) is 0 Å². The lowest BCUT2D eigenvalue weighted by Crippen LogP contribution is -2.50. The number of sulfonamides is 1. The molecule has 1 fully saturated rings. The van der Waals surface area contributed by atoms with Crippen molar-refractivity contribution in [1.29, 1.82) is 0 Å². The Morgan fingerprint density at radius 3 is 2.15 bits per heavy atom. The highest BCUT2D eigenvalue weighted by Crippen LogP contribution is 2.11. The third-order valence-electron chi connectivity index (χ3n) is 3.43. The summed E-state index contributed by atoms with van der Waals surface area (Å²) in [7, 11) is -3.17. The number of hydrogen-bond donors (Lipinski definition) is 1. The lowest BCUT2D eigenvalue weighted by Gasteiger charge is -2.33. The zero-order valence-corrected chi connectivity index (χ0v) is 12.3. The highest BCUT2D eigenvalue weighted by Gasteiger charge is 2.26. The van der Waals surface area contributed by atoms with Gasteiger partial charge in [-0.15, -0.1) is 0 Å². The number of carbonyl (C=O) groups excluding carboxylic acids is 1. The molecule has 1 saturated heterocycles. The molecule has 0 unspecified atom stereocenters. The van der Waals surface area contributed by atoms with E-state index >= 15 is 0 Å². The average Bonchev–Trinajstić information content (AvgIpc) is 2.46. The standard InChI is InChI=1S/C13H19N3O3S/c1-20(18,19)16-8-6-15(7-9-16)13(17)12-4-2-11(10-14)3-5-12/h2-5H,6-10,14H2,1H3. The van der Waals surface area contributed by atoms with Crippen LogP contribution in [0.2, 0.25) is 0 Å². The third-order valence-corrected chi connectivity index (χ3v) is 4.73. The van der Waals surface area contributed by atoms with E-state index in [9.17, 15) is 13.2 Å². The minimum absolute atomic E-state index is 0.0678. The number of piperazine rings is 1. The zero-order chi connectivity index (χ0) is 14.8. The number of benzene rings is 1. The molecule has 0 saturated carbocycles. The van der Waals surface area contributed by atoms with Gasteiger partial charge in [-0.25, -0.2) is 8.42 Å². The Morgan fingerprint density at radius 2 is 1.70 bits per heavy atom.